The Balaban J connectivity index is -0.000000144. The fraction of sp³-hybridized carbons (Fsp3) is 0. The minimum absolute atomic E-state index is 2.79. The quantitative estimate of drug-likeness (QED) is 0.131. The van der Waals surface area contributed by atoms with E-state index in [0.29, 0.717) is 0 Å². The van der Waals surface area contributed by atoms with E-state index in [1.807, 2.05) is 0 Å². The summed E-state index contributed by atoms with van der Waals surface area (Å²) >= 11 is 0.579. The van der Waals surface area contributed by atoms with Gasteiger partial charge < -0.3 is 19.6 Å². The van der Waals surface area contributed by atoms with E-state index in [4.69, 9.17) is 34.3 Å². The topological polar surface area (TPSA) is 196 Å². The van der Waals surface area contributed by atoms with Crippen molar-refractivity contribution in [3.63, 3.8) is 0 Å². The van der Waals surface area contributed by atoms with Gasteiger partial charge >= 0.3 is 46.5 Å². The second-order valence-corrected chi connectivity index (χ2v) is 8.68. The Kier molecular flexibility index (Phi) is 12.5. The van der Waals surface area contributed by atoms with Crippen LogP contribution < -0.4 is 0 Å². The van der Waals surface area contributed by atoms with Crippen LogP contribution in [0.25, 0.3) is 0 Å². The Bertz CT molecular complexity index is 190. The summed E-state index contributed by atoms with van der Waals surface area (Å²) in [6, 6.07) is 0. The predicted octanol–water partition coefficient (Wildman–Crippen LogP) is -2.21. The van der Waals surface area contributed by atoms with Crippen molar-refractivity contribution in [2.75, 3.05) is 0 Å². The molecule has 0 amide bonds. The number of hydrogen-bond acceptors (Lipinski definition) is 6. The third kappa shape index (κ3) is 1180. The molecule has 8 N–H and O–H groups in total. The maximum absolute atomic E-state index is 9.19. The Hall–Kier alpha value is 1.55. The van der Waals surface area contributed by atoms with Crippen molar-refractivity contribution >= 4 is 38.1 Å². The molecule has 0 heterocycles. The van der Waals surface area contributed by atoms with E-state index in [1.165, 1.54) is 0 Å². The summed E-state index contributed by atoms with van der Waals surface area (Å²) in [6.07, 6.45) is 0. The van der Waals surface area contributed by atoms with Gasteiger partial charge in [-0.15, -0.1) is 0 Å². The van der Waals surface area contributed by atoms with E-state index in [1.54, 1.807) is 0 Å². The molecular weight excluding hydrogens is 334 g/mol. The van der Waals surface area contributed by atoms with Gasteiger partial charge in [-0.1, -0.05) is 24.5 Å². The van der Waals surface area contributed by atoms with Gasteiger partial charge in [0.05, 0.1) is 0 Å². The van der Waals surface area contributed by atoms with Gasteiger partial charge in [-0.2, -0.15) is 0 Å². The molecule has 15 heavy (non-hydrogen) atoms. The van der Waals surface area contributed by atoms with E-state index in [9.17, 15) is 9.13 Å². The Morgan fingerprint density at radius 1 is 0.733 bits per heavy atom. The number of hydrogen-bond donors (Lipinski definition) is 10. The molecular formula is H10O10P2S2Ti. The normalized spacial score (nSPS) is 11.9. The summed E-state index contributed by atoms with van der Waals surface area (Å²) in [5.41, 5.74) is 0. The summed E-state index contributed by atoms with van der Waals surface area (Å²) in [4.78, 5) is 30.0. The zero-order chi connectivity index (χ0) is 13.5. The second kappa shape index (κ2) is 8.62. The first kappa shape index (κ1) is 21.8. The van der Waals surface area contributed by atoms with Crippen molar-refractivity contribution in [2.24, 2.45) is 0 Å². The summed E-state index contributed by atoms with van der Waals surface area (Å²) in [5.74, 6) is 0. The van der Waals surface area contributed by atoms with E-state index >= 15 is 0 Å². The molecule has 0 radical (unpaired) electrons. The van der Waals surface area contributed by atoms with Crippen LogP contribution in [0.4, 0.5) is 0 Å². The zero-order valence-electron chi connectivity index (χ0n) is 6.68. The molecule has 0 fully saturated rings. The van der Waals surface area contributed by atoms with Crippen molar-refractivity contribution in [2.45, 2.75) is 0 Å². The monoisotopic (exact) mass is 344 g/mol. The van der Waals surface area contributed by atoms with Gasteiger partial charge in [-0.3, -0.25) is 0 Å². The first-order valence-electron chi connectivity index (χ1n) is 2.46. The molecule has 0 aliphatic heterocycles. The standard InChI is InChI=1S/2H3O3PS.4H2O.Ti/c2*1-4(2,3)5;;;;;/h2*(H3,1,2,3,5);4*1H2;/q;;;;;;+4/p-4. The van der Waals surface area contributed by atoms with Crippen LogP contribution >= 0.6 is 38.1 Å². The van der Waals surface area contributed by atoms with Gasteiger partial charge in [0.25, 0.3) is 0 Å². The molecule has 0 rings (SSSR count). The van der Waals surface area contributed by atoms with Crippen LogP contribution in [-0.4, -0.2) is 34.3 Å². The first-order valence-corrected chi connectivity index (χ1v) is 10.8. The Labute approximate surface area is 99.5 Å². The third-order valence-electron chi connectivity index (χ3n) is 0. The molecule has 0 aromatic carbocycles. The second-order valence-electron chi connectivity index (χ2n) is 1.63. The molecule has 0 aliphatic carbocycles. The van der Waals surface area contributed by atoms with E-state index in [2.05, 4.69) is 24.5 Å². The summed E-state index contributed by atoms with van der Waals surface area (Å²) in [5, 5.41) is 0. The molecule has 0 spiro atoms. The average molecular weight is 344 g/mol. The molecule has 0 bridgehead atoms. The fourth-order valence-electron chi connectivity index (χ4n) is 0. The fourth-order valence-corrected chi connectivity index (χ4v) is 0. The third-order valence-corrected chi connectivity index (χ3v) is 0. The molecule has 0 saturated heterocycles. The van der Waals surface area contributed by atoms with Crippen molar-refractivity contribution < 1.29 is 61.6 Å². The van der Waals surface area contributed by atoms with E-state index < -0.39 is 31.7 Å². The average Bonchev–Trinajstić information content (AvgIpc) is 1.41. The van der Waals surface area contributed by atoms with Crippen LogP contribution in [0.2, 0.25) is 0 Å². The molecule has 0 aromatic rings. The molecule has 96 valence electrons. The van der Waals surface area contributed by atoms with Crippen LogP contribution in [0.3, 0.4) is 0 Å². The zero-order valence-corrected chi connectivity index (χ0v) is 11.8. The van der Waals surface area contributed by atoms with Gasteiger partial charge in [0.15, 0.2) is 0 Å². The van der Waals surface area contributed by atoms with Crippen molar-refractivity contribution in [1.82, 2.24) is 0 Å². The van der Waals surface area contributed by atoms with E-state index in [-0.39, 0.29) is 0 Å². The first-order chi connectivity index (χ1) is 6.00. The molecule has 0 atom stereocenters. The molecule has 10 nitrogen and oxygen atoms in total. The summed E-state index contributed by atoms with van der Waals surface area (Å²) in [6.45, 7) is -7.89. The molecule has 0 aliphatic rings. The molecule has 0 aromatic heterocycles. The van der Waals surface area contributed by atoms with Crippen LogP contribution in [0.1, 0.15) is 0 Å². The maximum atomic E-state index is 9.19. The summed E-state index contributed by atoms with van der Waals surface area (Å²) < 4.78 is 47.9. The van der Waals surface area contributed by atoms with Crippen LogP contribution in [0.5, 0.6) is 0 Å². The SMILES string of the molecule is O=P(O)(O)S.O=P(O)(O)S.[OH][Ti]([OH])([OH])[OH]. The van der Waals surface area contributed by atoms with E-state index in [0.717, 1.165) is 0 Å². The summed E-state index contributed by atoms with van der Waals surface area (Å²) in [7, 11) is 0. The van der Waals surface area contributed by atoms with Gasteiger partial charge in [0, 0.05) is 0 Å². The number of thiol groups is 2. The minimum atomic E-state index is -5.00. The van der Waals surface area contributed by atoms with Gasteiger partial charge in [-0.25, -0.2) is 9.13 Å². The van der Waals surface area contributed by atoms with Crippen LogP contribution in [-0.2, 0) is 27.3 Å². The Morgan fingerprint density at radius 2 is 0.733 bits per heavy atom. The van der Waals surface area contributed by atoms with Crippen LogP contribution in [0, 0.1) is 0 Å². The molecule has 15 heteroatoms. The van der Waals surface area contributed by atoms with Gasteiger partial charge in [-0.05, 0) is 0 Å². The van der Waals surface area contributed by atoms with Gasteiger partial charge in [0.2, 0.25) is 0 Å². The van der Waals surface area contributed by atoms with Crippen molar-refractivity contribution in [3.05, 3.63) is 0 Å². The molecule has 0 saturated carbocycles. The predicted molar refractivity (Wildman–Crippen MR) is 50.9 cm³/mol. The van der Waals surface area contributed by atoms with Crippen molar-refractivity contribution in [3.8, 4) is 0 Å². The Morgan fingerprint density at radius 3 is 0.733 bits per heavy atom. The van der Waals surface area contributed by atoms with Gasteiger partial charge in [0.1, 0.15) is 0 Å². The van der Waals surface area contributed by atoms with Crippen LogP contribution in [0.15, 0.2) is 0 Å². The molecule has 0 unspecified atom stereocenters. The van der Waals surface area contributed by atoms with Crippen molar-refractivity contribution in [1.29, 1.82) is 0 Å². The number of rotatable bonds is 0.